The van der Waals surface area contributed by atoms with E-state index in [0.29, 0.717) is 5.82 Å². The Morgan fingerprint density at radius 2 is 1.70 bits per heavy atom. The number of ether oxygens (including phenoxy) is 1. The first-order valence-electron chi connectivity index (χ1n) is 6.24. The number of hydrogen-bond acceptors (Lipinski definition) is 3. The molecule has 0 saturated heterocycles. The summed E-state index contributed by atoms with van der Waals surface area (Å²) in [6.07, 6.45) is 0. The highest BCUT2D eigenvalue weighted by atomic mass is 16.5. The van der Waals surface area contributed by atoms with Gasteiger partial charge in [0.2, 0.25) is 5.56 Å². The summed E-state index contributed by atoms with van der Waals surface area (Å²) in [4.78, 5) is 14.0. The molecule has 3 aromatic rings. The molecule has 0 aliphatic heterocycles. The normalized spacial score (nSPS) is 10.7. The Bertz CT molecular complexity index is 837. The van der Waals surface area contributed by atoms with Crippen molar-refractivity contribution in [1.82, 2.24) is 4.98 Å². The van der Waals surface area contributed by atoms with E-state index in [9.17, 15) is 4.79 Å². The molecule has 0 atom stereocenters. The van der Waals surface area contributed by atoms with E-state index >= 15 is 0 Å². The largest absolute Gasteiger partial charge is 0.497 e. The second-order valence-electron chi connectivity index (χ2n) is 4.62. The molecule has 2 aromatic carbocycles. The summed E-state index contributed by atoms with van der Waals surface area (Å²) in [5.41, 5.74) is 7.24. The van der Waals surface area contributed by atoms with Gasteiger partial charge in [-0.1, -0.05) is 18.2 Å². The van der Waals surface area contributed by atoms with Crippen molar-refractivity contribution >= 4 is 16.6 Å². The first-order chi connectivity index (χ1) is 9.65. The van der Waals surface area contributed by atoms with Gasteiger partial charge < -0.3 is 15.5 Å². The average molecular weight is 266 g/mol. The van der Waals surface area contributed by atoms with Gasteiger partial charge in [-0.2, -0.15) is 0 Å². The molecule has 1 heterocycles. The lowest BCUT2D eigenvalue weighted by Crippen LogP contribution is -2.07. The number of benzene rings is 2. The van der Waals surface area contributed by atoms with Gasteiger partial charge in [0, 0.05) is 6.07 Å². The summed E-state index contributed by atoms with van der Waals surface area (Å²) in [6, 6.07) is 15.2. The molecule has 20 heavy (non-hydrogen) atoms. The van der Waals surface area contributed by atoms with Crippen LogP contribution in [0.1, 0.15) is 0 Å². The molecule has 1 aromatic heterocycles. The average Bonchev–Trinajstić information content (AvgIpc) is 2.45. The van der Waals surface area contributed by atoms with Crippen LogP contribution in [-0.4, -0.2) is 12.1 Å². The van der Waals surface area contributed by atoms with Crippen LogP contribution in [0.5, 0.6) is 5.75 Å². The van der Waals surface area contributed by atoms with E-state index in [0.717, 1.165) is 27.6 Å². The summed E-state index contributed by atoms with van der Waals surface area (Å²) in [7, 11) is 1.65. The van der Waals surface area contributed by atoms with Crippen LogP contribution in [0.4, 0.5) is 5.82 Å². The first kappa shape index (κ1) is 12.3. The fourth-order valence-corrected chi connectivity index (χ4v) is 2.26. The maximum Gasteiger partial charge on any atom is 0.250 e. The fraction of sp³-hybridized carbons (Fsp3) is 0.0625. The molecule has 4 nitrogen and oxygen atoms in total. The SMILES string of the molecule is COc1ccc2cc(-c3cc(N)[nH]c(=O)c3)ccc2c1. The second-order valence-corrected chi connectivity index (χ2v) is 4.62. The fourth-order valence-electron chi connectivity index (χ4n) is 2.26. The lowest BCUT2D eigenvalue weighted by molar-refractivity contribution is 0.415. The third-order valence-corrected chi connectivity index (χ3v) is 3.25. The number of nitrogens with two attached hydrogens (primary N) is 1. The van der Waals surface area contributed by atoms with Gasteiger partial charge in [-0.05, 0) is 46.2 Å². The number of fused-ring (bicyclic) bond motifs is 1. The summed E-state index contributed by atoms with van der Waals surface area (Å²) >= 11 is 0. The lowest BCUT2D eigenvalue weighted by Gasteiger charge is -2.06. The minimum Gasteiger partial charge on any atom is -0.497 e. The molecule has 3 N–H and O–H groups in total. The zero-order chi connectivity index (χ0) is 14.1. The molecule has 0 aliphatic carbocycles. The van der Waals surface area contributed by atoms with Crippen molar-refractivity contribution in [1.29, 1.82) is 0 Å². The maximum absolute atomic E-state index is 11.5. The van der Waals surface area contributed by atoms with Gasteiger partial charge in [0.25, 0.3) is 0 Å². The van der Waals surface area contributed by atoms with Gasteiger partial charge in [0.1, 0.15) is 11.6 Å². The Kier molecular flexibility index (Phi) is 2.91. The Balaban J connectivity index is 2.15. The molecular formula is C16H14N2O2. The standard InChI is InChI=1S/C16H14N2O2/c1-20-14-5-4-10-6-11(2-3-12(10)7-14)13-8-15(17)18-16(19)9-13/h2-9H,1H3,(H3,17,18,19). The van der Waals surface area contributed by atoms with E-state index < -0.39 is 0 Å². The number of anilines is 1. The Hall–Kier alpha value is -2.75. The zero-order valence-corrected chi connectivity index (χ0v) is 11.0. The van der Waals surface area contributed by atoms with Crippen LogP contribution in [0.2, 0.25) is 0 Å². The molecule has 0 radical (unpaired) electrons. The molecule has 0 bridgehead atoms. The highest BCUT2D eigenvalue weighted by Crippen LogP contribution is 2.26. The summed E-state index contributed by atoms with van der Waals surface area (Å²) in [5.74, 6) is 1.19. The molecule has 0 aliphatic rings. The third kappa shape index (κ3) is 2.23. The van der Waals surface area contributed by atoms with Gasteiger partial charge >= 0.3 is 0 Å². The van der Waals surface area contributed by atoms with Crippen molar-refractivity contribution in [2.75, 3.05) is 12.8 Å². The minimum atomic E-state index is -0.199. The molecule has 0 saturated carbocycles. The van der Waals surface area contributed by atoms with Gasteiger partial charge in [-0.15, -0.1) is 0 Å². The van der Waals surface area contributed by atoms with Gasteiger partial charge in [-0.25, -0.2) is 0 Å². The molecular weight excluding hydrogens is 252 g/mol. The highest BCUT2D eigenvalue weighted by Gasteiger charge is 2.03. The Morgan fingerprint density at radius 1 is 0.950 bits per heavy atom. The smallest absolute Gasteiger partial charge is 0.250 e. The molecule has 0 amide bonds. The molecule has 0 fully saturated rings. The van der Waals surface area contributed by atoms with E-state index in [2.05, 4.69) is 4.98 Å². The van der Waals surface area contributed by atoms with Gasteiger partial charge in [0.05, 0.1) is 7.11 Å². The number of methoxy groups -OCH3 is 1. The van der Waals surface area contributed by atoms with Gasteiger partial charge in [0.15, 0.2) is 0 Å². The molecule has 0 unspecified atom stereocenters. The number of rotatable bonds is 2. The lowest BCUT2D eigenvalue weighted by atomic mass is 10.0. The molecule has 4 heteroatoms. The van der Waals surface area contributed by atoms with Crippen molar-refractivity contribution in [3.63, 3.8) is 0 Å². The van der Waals surface area contributed by atoms with E-state index in [4.69, 9.17) is 10.5 Å². The van der Waals surface area contributed by atoms with E-state index in [1.165, 1.54) is 0 Å². The van der Waals surface area contributed by atoms with Crippen molar-refractivity contribution in [3.05, 3.63) is 58.9 Å². The molecule has 100 valence electrons. The van der Waals surface area contributed by atoms with Crippen molar-refractivity contribution in [3.8, 4) is 16.9 Å². The van der Waals surface area contributed by atoms with Crippen LogP contribution in [0, 0.1) is 0 Å². The second kappa shape index (κ2) is 4.74. The number of H-pyrrole nitrogens is 1. The van der Waals surface area contributed by atoms with Crippen molar-refractivity contribution in [2.45, 2.75) is 0 Å². The number of aromatic amines is 1. The number of nitrogen functional groups attached to an aromatic ring is 1. The van der Waals surface area contributed by atoms with Gasteiger partial charge in [-0.3, -0.25) is 4.79 Å². The number of hydrogen-bond donors (Lipinski definition) is 2. The van der Waals surface area contributed by atoms with Crippen LogP contribution in [0.3, 0.4) is 0 Å². The summed E-state index contributed by atoms with van der Waals surface area (Å²) in [5, 5.41) is 2.17. The zero-order valence-electron chi connectivity index (χ0n) is 11.0. The van der Waals surface area contributed by atoms with Crippen LogP contribution in [-0.2, 0) is 0 Å². The number of nitrogens with one attached hydrogen (secondary N) is 1. The Morgan fingerprint density at radius 3 is 2.45 bits per heavy atom. The Labute approximate surface area is 115 Å². The van der Waals surface area contributed by atoms with Crippen LogP contribution in [0.25, 0.3) is 21.9 Å². The third-order valence-electron chi connectivity index (χ3n) is 3.25. The van der Waals surface area contributed by atoms with Crippen molar-refractivity contribution < 1.29 is 4.74 Å². The summed E-state index contributed by atoms with van der Waals surface area (Å²) < 4.78 is 5.21. The first-order valence-corrected chi connectivity index (χ1v) is 6.24. The maximum atomic E-state index is 11.5. The van der Waals surface area contributed by atoms with Crippen molar-refractivity contribution in [2.24, 2.45) is 0 Å². The minimum absolute atomic E-state index is 0.199. The van der Waals surface area contributed by atoms with Crippen LogP contribution in [0.15, 0.2) is 53.3 Å². The topological polar surface area (TPSA) is 68.1 Å². The monoisotopic (exact) mass is 266 g/mol. The molecule has 3 rings (SSSR count). The highest BCUT2D eigenvalue weighted by molar-refractivity contribution is 5.88. The number of pyridine rings is 1. The van der Waals surface area contributed by atoms with E-state index in [1.54, 1.807) is 19.2 Å². The van der Waals surface area contributed by atoms with E-state index in [1.807, 2.05) is 36.4 Å². The van der Waals surface area contributed by atoms with Crippen LogP contribution < -0.4 is 16.0 Å². The van der Waals surface area contributed by atoms with E-state index in [-0.39, 0.29) is 5.56 Å². The predicted molar refractivity (Wildman–Crippen MR) is 81.0 cm³/mol. The summed E-state index contributed by atoms with van der Waals surface area (Å²) in [6.45, 7) is 0. The predicted octanol–water partition coefficient (Wildman–Crippen LogP) is 2.79. The number of aromatic nitrogens is 1. The quantitative estimate of drug-likeness (QED) is 0.749. The molecule has 0 spiro atoms. The van der Waals surface area contributed by atoms with Crippen LogP contribution >= 0.6 is 0 Å².